The van der Waals surface area contributed by atoms with Crippen molar-refractivity contribution in [3.8, 4) is 0 Å². The van der Waals surface area contributed by atoms with Crippen LogP contribution in [0.25, 0.3) is 0 Å². The molecule has 0 saturated carbocycles. The maximum absolute atomic E-state index is 11.2. The predicted molar refractivity (Wildman–Crippen MR) is 28.6 cm³/mol. The van der Waals surface area contributed by atoms with Crippen LogP contribution >= 0.6 is 0 Å². The molecule has 0 aliphatic carbocycles. The Morgan fingerprint density at radius 3 is 2.60 bits per heavy atom. The van der Waals surface area contributed by atoms with Gasteiger partial charge in [-0.05, 0) is 0 Å². The second-order valence-corrected chi connectivity index (χ2v) is 1.46. The number of carbonyl (C=O) groups excluding carboxylic acids is 1. The third-order valence-electron chi connectivity index (χ3n) is 0.778. The molecule has 0 aliphatic heterocycles. The highest BCUT2D eigenvalue weighted by molar-refractivity contribution is 5.69. The molecule has 0 bridgehead atoms. The van der Waals surface area contributed by atoms with Crippen molar-refractivity contribution in [1.82, 2.24) is 0 Å². The van der Waals surface area contributed by atoms with Crippen LogP contribution in [0.4, 0.5) is 8.78 Å². The fourth-order valence-corrected chi connectivity index (χ4v) is 0.333. The van der Waals surface area contributed by atoms with Crippen LogP contribution in [0, 0.1) is 0 Å². The zero-order chi connectivity index (χ0) is 7.98. The van der Waals surface area contributed by atoms with Gasteiger partial charge in [-0.2, -0.15) is 8.78 Å². The van der Waals surface area contributed by atoms with Crippen LogP contribution in [0.1, 0.15) is 6.42 Å². The van der Waals surface area contributed by atoms with Gasteiger partial charge in [0.05, 0.1) is 20.1 Å². The topological polar surface area (TPSA) is 35.5 Å². The van der Waals surface area contributed by atoms with Crippen molar-refractivity contribution in [2.45, 2.75) is 13.0 Å². The van der Waals surface area contributed by atoms with Crippen LogP contribution in [-0.4, -0.2) is 26.3 Å². The molecule has 10 heavy (non-hydrogen) atoms. The average Bonchev–Trinajstić information content (AvgIpc) is 1.87. The van der Waals surface area contributed by atoms with E-state index in [2.05, 4.69) is 9.47 Å². The molecule has 60 valence electrons. The molecule has 0 radical (unpaired) electrons. The Kier molecular flexibility index (Phi) is 4.74. The molecule has 0 atom stereocenters. The molecule has 0 spiro atoms. The number of hydrogen-bond acceptors (Lipinski definition) is 3. The van der Waals surface area contributed by atoms with Crippen LogP contribution in [-0.2, 0) is 14.3 Å². The molecule has 0 aliphatic rings. The molecule has 0 heterocycles. The van der Waals surface area contributed by atoms with Crippen molar-refractivity contribution in [2.75, 3.05) is 13.7 Å². The summed E-state index contributed by atoms with van der Waals surface area (Å²) in [6.07, 6.45) is -0.138. The summed E-state index contributed by atoms with van der Waals surface area (Å²) >= 11 is 0. The zero-order valence-electron chi connectivity index (χ0n) is 5.47. The molecule has 0 N–H and O–H groups in total. The van der Waals surface area contributed by atoms with E-state index in [0.717, 1.165) is 0 Å². The highest BCUT2D eigenvalue weighted by Crippen LogP contribution is 1.95. The first-order valence-electron chi connectivity index (χ1n) is 2.63. The van der Waals surface area contributed by atoms with Crippen molar-refractivity contribution in [3.63, 3.8) is 0 Å². The molecule has 0 fully saturated rings. The number of ether oxygens (including phenoxy) is 2. The Labute approximate surface area is 56.9 Å². The highest BCUT2D eigenvalue weighted by atomic mass is 19.3. The van der Waals surface area contributed by atoms with E-state index in [1.165, 1.54) is 7.11 Å². The number of hydrogen-bond donors (Lipinski definition) is 0. The SMILES string of the molecule is COC(=O)CCOC(F)F. The van der Waals surface area contributed by atoms with Crippen molar-refractivity contribution in [3.05, 3.63) is 0 Å². The standard InChI is InChI=1S/C5H8F2O3/c1-9-4(8)2-3-10-5(6)7/h5H,2-3H2,1H3. The molecule has 0 unspecified atom stereocenters. The molecule has 0 aromatic rings. The monoisotopic (exact) mass is 154 g/mol. The van der Waals surface area contributed by atoms with Gasteiger partial charge in [0.2, 0.25) is 0 Å². The Morgan fingerprint density at radius 1 is 1.60 bits per heavy atom. The number of halogens is 2. The lowest BCUT2D eigenvalue weighted by molar-refractivity contribution is -0.151. The Hall–Kier alpha value is -0.710. The minimum atomic E-state index is -2.82. The number of methoxy groups -OCH3 is 1. The first-order valence-corrected chi connectivity index (χ1v) is 2.63. The Balaban J connectivity index is 3.12. The summed E-state index contributed by atoms with van der Waals surface area (Å²) in [4.78, 5) is 10.2. The second kappa shape index (κ2) is 5.10. The van der Waals surface area contributed by atoms with Crippen LogP contribution in [0.15, 0.2) is 0 Å². The van der Waals surface area contributed by atoms with Gasteiger partial charge < -0.3 is 9.47 Å². The van der Waals surface area contributed by atoms with Crippen molar-refractivity contribution in [1.29, 1.82) is 0 Å². The minimum Gasteiger partial charge on any atom is -0.469 e. The third-order valence-corrected chi connectivity index (χ3v) is 0.778. The predicted octanol–water partition coefficient (Wildman–Crippen LogP) is 0.789. The molecule has 0 aromatic heterocycles. The number of rotatable bonds is 4. The lowest BCUT2D eigenvalue weighted by atomic mass is 10.5. The summed E-state index contributed by atoms with van der Waals surface area (Å²) in [6.45, 7) is -3.12. The van der Waals surface area contributed by atoms with Gasteiger partial charge in [0.25, 0.3) is 0 Å². The van der Waals surface area contributed by atoms with E-state index in [9.17, 15) is 13.6 Å². The summed E-state index contributed by atoms with van der Waals surface area (Å²) in [5.41, 5.74) is 0. The first-order chi connectivity index (χ1) is 4.66. The Morgan fingerprint density at radius 2 is 2.20 bits per heavy atom. The minimum absolute atomic E-state index is 0.138. The van der Waals surface area contributed by atoms with Crippen LogP contribution < -0.4 is 0 Å². The molecule has 5 heteroatoms. The van der Waals surface area contributed by atoms with Gasteiger partial charge in [-0.15, -0.1) is 0 Å². The van der Waals surface area contributed by atoms with E-state index >= 15 is 0 Å². The summed E-state index contributed by atoms with van der Waals surface area (Å²) in [6, 6.07) is 0. The summed E-state index contributed by atoms with van der Waals surface area (Å²) in [7, 11) is 1.19. The molecule has 0 saturated heterocycles. The third kappa shape index (κ3) is 5.43. The van der Waals surface area contributed by atoms with Gasteiger partial charge in [0.15, 0.2) is 0 Å². The van der Waals surface area contributed by atoms with Crippen molar-refractivity contribution in [2.24, 2.45) is 0 Å². The van der Waals surface area contributed by atoms with E-state index in [-0.39, 0.29) is 13.0 Å². The summed E-state index contributed by atoms with van der Waals surface area (Å²) in [5.74, 6) is -0.555. The maximum atomic E-state index is 11.2. The zero-order valence-corrected chi connectivity index (χ0v) is 5.47. The van der Waals surface area contributed by atoms with Crippen LogP contribution in [0.3, 0.4) is 0 Å². The van der Waals surface area contributed by atoms with E-state index in [0.29, 0.717) is 0 Å². The molecule has 3 nitrogen and oxygen atoms in total. The number of alkyl halides is 2. The fraction of sp³-hybridized carbons (Fsp3) is 0.800. The van der Waals surface area contributed by atoms with E-state index in [4.69, 9.17) is 0 Å². The normalized spacial score (nSPS) is 10.0. The largest absolute Gasteiger partial charge is 0.469 e. The number of esters is 1. The molecular weight excluding hydrogens is 146 g/mol. The highest BCUT2D eigenvalue weighted by Gasteiger charge is 2.04. The lowest BCUT2D eigenvalue weighted by Gasteiger charge is -1.99. The van der Waals surface area contributed by atoms with Gasteiger partial charge in [0.1, 0.15) is 0 Å². The fourth-order valence-electron chi connectivity index (χ4n) is 0.333. The lowest BCUT2D eigenvalue weighted by Crippen LogP contribution is -2.08. The molecule has 0 rings (SSSR count). The smallest absolute Gasteiger partial charge is 0.345 e. The second-order valence-electron chi connectivity index (χ2n) is 1.46. The van der Waals surface area contributed by atoms with Gasteiger partial charge in [-0.3, -0.25) is 4.79 Å². The summed E-state index contributed by atoms with van der Waals surface area (Å²) < 4.78 is 30.4. The van der Waals surface area contributed by atoms with E-state index < -0.39 is 12.6 Å². The molecular formula is C5H8F2O3. The average molecular weight is 154 g/mol. The quantitative estimate of drug-likeness (QED) is 0.561. The van der Waals surface area contributed by atoms with Crippen molar-refractivity contribution >= 4 is 5.97 Å². The van der Waals surface area contributed by atoms with E-state index in [1.54, 1.807) is 0 Å². The first kappa shape index (κ1) is 9.29. The van der Waals surface area contributed by atoms with Gasteiger partial charge in [-0.25, -0.2) is 0 Å². The maximum Gasteiger partial charge on any atom is 0.345 e. The van der Waals surface area contributed by atoms with Crippen molar-refractivity contribution < 1.29 is 23.0 Å². The van der Waals surface area contributed by atoms with Gasteiger partial charge >= 0.3 is 12.6 Å². The number of carbonyl (C=O) groups is 1. The van der Waals surface area contributed by atoms with Crippen LogP contribution in [0.2, 0.25) is 0 Å². The van der Waals surface area contributed by atoms with E-state index in [1.807, 2.05) is 0 Å². The van der Waals surface area contributed by atoms with Crippen LogP contribution in [0.5, 0.6) is 0 Å². The summed E-state index contributed by atoms with van der Waals surface area (Å²) in [5, 5.41) is 0. The van der Waals surface area contributed by atoms with Gasteiger partial charge in [0, 0.05) is 0 Å². The van der Waals surface area contributed by atoms with Gasteiger partial charge in [-0.1, -0.05) is 0 Å². The molecule has 0 amide bonds. The molecule has 0 aromatic carbocycles. The Bertz CT molecular complexity index is 105.